The largest absolute Gasteiger partial charge is 0.492 e. The Morgan fingerprint density at radius 3 is 2.73 bits per heavy atom. The van der Waals surface area contributed by atoms with Crippen molar-refractivity contribution >= 4 is 28.3 Å². The fourth-order valence-corrected chi connectivity index (χ4v) is 4.09. The SMILES string of the molecule is Cc1ccc(OCCn2c(C(C)NC(=O)c3cccs3)nc3ccccc32)cc1C. The van der Waals surface area contributed by atoms with Crippen LogP contribution in [-0.2, 0) is 6.54 Å². The molecule has 0 aliphatic rings. The first-order valence-electron chi connectivity index (χ1n) is 10.0. The molecule has 6 heteroatoms. The van der Waals surface area contributed by atoms with Gasteiger partial charge < -0.3 is 14.6 Å². The van der Waals surface area contributed by atoms with Crippen LogP contribution in [0, 0.1) is 13.8 Å². The summed E-state index contributed by atoms with van der Waals surface area (Å²) in [6, 6.07) is 17.6. The second-order valence-electron chi connectivity index (χ2n) is 7.38. The maximum Gasteiger partial charge on any atom is 0.261 e. The highest BCUT2D eigenvalue weighted by molar-refractivity contribution is 7.12. The Hall–Kier alpha value is -3.12. The number of fused-ring (bicyclic) bond motifs is 1. The van der Waals surface area contributed by atoms with E-state index in [1.165, 1.54) is 22.5 Å². The lowest BCUT2D eigenvalue weighted by atomic mass is 10.1. The quantitative estimate of drug-likeness (QED) is 0.443. The number of rotatable bonds is 7. The molecule has 1 amide bonds. The Bertz CT molecular complexity index is 1160. The van der Waals surface area contributed by atoms with Crippen LogP contribution in [0.1, 0.15) is 39.6 Å². The van der Waals surface area contributed by atoms with E-state index in [0.29, 0.717) is 18.0 Å². The van der Waals surface area contributed by atoms with Crippen LogP contribution < -0.4 is 10.1 Å². The van der Waals surface area contributed by atoms with Crippen molar-refractivity contribution in [3.8, 4) is 5.75 Å². The van der Waals surface area contributed by atoms with Crippen molar-refractivity contribution in [1.82, 2.24) is 14.9 Å². The summed E-state index contributed by atoms with van der Waals surface area (Å²) >= 11 is 1.43. The first-order chi connectivity index (χ1) is 14.5. The van der Waals surface area contributed by atoms with Crippen molar-refractivity contribution < 1.29 is 9.53 Å². The highest BCUT2D eigenvalue weighted by Gasteiger charge is 2.19. The normalized spacial score (nSPS) is 12.1. The molecule has 30 heavy (non-hydrogen) atoms. The highest BCUT2D eigenvalue weighted by Crippen LogP contribution is 2.22. The fraction of sp³-hybridized carbons (Fsp3) is 0.250. The van der Waals surface area contributed by atoms with E-state index >= 15 is 0 Å². The molecule has 1 unspecified atom stereocenters. The van der Waals surface area contributed by atoms with Crippen LogP contribution in [-0.4, -0.2) is 22.1 Å². The lowest BCUT2D eigenvalue weighted by Gasteiger charge is -2.16. The van der Waals surface area contributed by atoms with Crippen molar-refractivity contribution in [3.63, 3.8) is 0 Å². The smallest absolute Gasteiger partial charge is 0.261 e. The van der Waals surface area contributed by atoms with Gasteiger partial charge in [0.2, 0.25) is 0 Å². The zero-order valence-corrected chi connectivity index (χ0v) is 18.2. The molecule has 4 rings (SSSR count). The first-order valence-corrected chi connectivity index (χ1v) is 10.9. The zero-order chi connectivity index (χ0) is 21.1. The van der Waals surface area contributed by atoms with Gasteiger partial charge in [-0.25, -0.2) is 4.98 Å². The maximum absolute atomic E-state index is 12.5. The van der Waals surface area contributed by atoms with E-state index in [9.17, 15) is 4.79 Å². The van der Waals surface area contributed by atoms with Gasteiger partial charge >= 0.3 is 0 Å². The topological polar surface area (TPSA) is 56.1 Å². The molecule has 4 aromatic rings. The van der Waals surface area contributed by atoms with Crippen LogP contribution in [0.25, 0.3) is 11.0 Å². The lowest BCUT2D eigenvalue weighted by Crippen LogP contribution is -2.28. The van der Waals surface area contributed by atoms with Gasteiger partial charge in [-0.2, -0.15) is 0 Å². The Balaban J connectivity index is 1.53. The van der Waals surface area contributed by atoms with Crippen molar-refractivity contribution in [3.05, 3.63) is 81.8 Å². The third kappa shape index (κ3) is 4.24. The number of hydrogen-bond donors (Lipinski definition) is 1. The number of imidazole rings is 1. The Labute approximate surface area is 180 Å². The number of benzene rings is 2. The monoisotopic (exact) mass is 419 g/mol. The summed E-state index contributed by atoms with van der Waals surface area (Å²) in [5.74, 6) is 1.61. The van der Waals surface area contributed by atoms with E-state index in [1.807, 2.05) is 48.7 Å². The zero-order valence-electron chi connectivity index (χ0n) is 17.4. The summed E-state index contributed by atoms with van der Waals surface area (Å²) in [5.41, 5.74) is 4.41. The molecule has 154 valence electrons. The summed E-state index contributed by atoms with van der Waals surface area (Å²) in [4.78, 5) is 18.0. The Morgan fingerprint density at radius 2 is 1.97 bits per heavy atom. The van der Waals surface area contributed by atoms with Crippen molar-refractivity contribution in [2.24, 2.45) is 0 Å². The molecule has 2 heterocycles. The number of aryl methyl sites for hydroxylation is 2. The van der Waals surface area contributed by atoms with Gasteiger partial charge in [-0.1, -0.05) is 24.3 Å². The van der Waals surface area contributed by atoms with Crippen LogP contribution in [0.3, 0.4) is 0 Å². The van der Waals surface area contributed by atoms with Crippen LogP contribution in [0.15, 0.2) is 60.0 Å². The molecule has 0 fully saturated rings. The number of hydrogen-bond acceptors (Lipinski definition) is 4. The Morgan fingerprint density at radius 1 is 1.13 bits per heavy atom. The third-order valence-corrected chi connectivity index (χ3v) is 6.09. The Kier molecular flexibility index (Phi) is 5.86. The predicted octanol–water partition coefficient (Wildman–Crippen LogP) is 5.28. The van der Waals surface area contributed by atoms with Crippen LogP contribution >= 0.6 is 11.3 Å². The second-order valence-corrected chi connectivity index (χ2v) is 8.33. The van der Waals surface area contributed by atoms with E-state index in [1.54, 1.807) is 0 Å². The number of nitrogens with zero attached hydrogens (tertiary/aromatic N) is 2. The molecule has 0 aliphatic carbocycles. The molecule has 0 spiro atoms. The van der Waals surface area contributed by atoms with E-state index in [2.05, 4.69) is 41.9 Å². The van der Waals surface area contributed by atoms with Crippen molar-refractivity contribution in [2.75, 3.05) is 6.61 Å². The molecule has 1 N–H and O–H groups in total. The minimum Gasteiger partial charge on any atom is -0.492 e. The average Bonchev–Trinajstić information content (AvgIpc) is 3.39. The summed E-state index contributed by atoms with van der Waals surface area (Å²) in [7, 11) is 0. The third-order valence-electron chi connectivity index (χ3n) is 5.23. The predicted molar refractivity (Wildman–Crippen MR) is 121 cm³/mol. The molecule has 0 bridgehead atoms. The van der Waals surface area contributed by atoms with Gasteiger partial charge in [-0.15, -0.1) is 11.3 Å². The second kappa shape index (κ2) is 8.71. The summed E-state index contributed by atoms with van der Waals surface area (Å²) in [6.45, 7) is 7.30. The maximum atomic E-state index is 12.5. The summed E-state index contributed by atoms with van der Waals surface area (Å²) in [6.07, 6.45) is 0. The number of carbonyl (C=O) groups excluding carboxylic acids is 1. The minimum absolute atomic E-state index is 0.0810. The van der Waals surface area contributed by atoms with Gasteiger partial charge in [0, 0.05) is 0 Å². The van der Waals surface area contributed by atoms with Crippen molar-refractivity contribution in [2.45, 2.75) is 33.4 Å². The summed E-state index contributed by atoms with van der Waals surface area (Å²) in [5, 5.41) is 4.97. The number of nitrogens with one attached hydrogen (secondary N) is 1. The fourth-order valence-electron chi connectivity index (χ4n) is 3.46. The molecule has 0 saturated carbocycles. The molecule has 0 radical (unpaired) electrons. The van der Waals surface area contributed by atoms with Gasteiger partial charge in [0.25, 0.3) is 5.91 Å². The number of aromatic nitrogens is 2. The van der Waals surface area contributed by atoms with Gasteiger partial charge in [0.1, 0.15) is 18.2 Å². The lowest BCUT2D eigenvalue weighted by molar-refractivity contribution is 0.0941. The molecule has 0 saturated heterocycles. The highest BCUT2D eigenvalue weighted by atomic mass is 32.1. The number of para-hydroxylation sites is 2. The number of carbonyl (C=O) groups is 1. The van der Waals surface area contributed by atoms with Crippen LogP contribution in [0.5, 0.6) is 5.75 Å². The molecule has 0 aliphatic heterocycles. The first kappa shape index (κ1) is 20.2. The number of thiophene rings is 1. The molecule has 1 atom stereocenters. The van der Waals surface area contributed by atoms with Gasteiger partial charge in [-0.05, 0) is 67.6 Å². The minimum atomic E-state index is -0.228. The summed E-state index contributed by atoms with van der Waals surface area (Å²) < 4.78 is 8.14. The van der Waals surface area contributed by atoms with Gasteiger partial charge in [0.15, 0.2) is 0 Å². The van der Waals surface area contributed by atoms with Crippen LogP contribution in [0.2, 0.25) is 0 Å². The molecular formula is C24H25N3O2S. The van der Waals surface area contributed by atoms with Gasteiger partial charge in [0.05, 0.1) is 28.5 Å². The average molecular weight is 420 g/mol. The number of ether oxygens (including phenoxy) is 1. The van der Waals surface area contributed by atoms with E-state index < -0.39 is 0 Å². The molecular weight excluding hydrogens is 394 g/mol. The van der Waals surface area contributed by atoms with Gasteiger partial charge in [-0.3, -0.25) is 4.79 Å². The van der Waals surface area contributed by atoms with E-state index in [4.69, 9.17) is 9.72 Å². The van der Waals surface area contributed by atoms with Crippen molar-refractivity contribution in [1.29, 1.82) is 0 Å². The van der Waals surface area contributed by atoms with Crippen LogP contribution in [0.4, 0.5) is 0 Å². The number of amides is 1. The van der Waals surface area contributed by atoms with E-state index in [0.717, 1.165) is 22.6 Å². The molecule has 2 aromatic heterocycles. The van der Waals surface area contributed by atoms with E-state index in [-0.39, 0.29) is 11.9 Å². The standard InChI is InChI=1S/C24H25N3O2S/c1-16-10-11-19(15-17(16)2)29-13-12-27-21-8-5-4-7-20(21)26-23(27)18(3)25-24(28)22-9-6-14-30-22/h4-11,14-15,18H,12-13H2,1-3H3,(H,25,28). The molecule has 5 nitrogen and oxygen atoms in total. The molecule has 2 aromatic carbocycles.